The molecule has 0 aliphatic carbocycles. The molecule has 114 valence electrons. The molecule has 6 nitrogen and oxygen atoms in total. The largest absolute Gasteiger partial charge is 0.480 e. The van der Waals surface area contributed by atoms with E-state index in [4.69, 9.17) is 0 Å². The number of nitrogens with zero attached hydrogens (tertiary/aromatic N) is 1. The molecule has 1 atom stereocenters. The van der Waals surface area contributed by atoms with Crippen molar-refractivity contribution < 1.29 is 24.2 Å². The van der Waals surface area contributed by atoms with Crippen LogP contribution in [0.2, 0.25) is 0 Å². The Kier molecular flexibility index (Phi) is 5.90. The lowest BCUT2D eigenvalue weighted by atomic mass is 10.0. The van der Waals surface area contributed by atoms with Gasteiger partial charge in [0.15, 0.2) is 5.78 Å². The molecular formula is C15H19NO5. The lowest BCUT2D eigenvalue weighted by Crippen LogP contribution is -2.50. The van der Waals surface area contributed by atoms with E-state index in [0.717, 1.165) is 12.0 Å². The third-order valence-corrected chi connectivity index (χ3v) is 3.04. The minimum absolute atomic E-state index is 0.340. The molecule has 0 saturated heterocycles. The maximum Gasteiger partial charge on any atom is 0.410 e. The van der Waals surface area contributed by atoms with Crippen LogP contribution in [0.15, 0.2) is 30.3 Å². The highest BCUT2D eigenvalue weighted by Gasteiger charge is 2.34. The van der Waals surface area contributed by atoms with Gasteiger partial charge in [-0.15, -0.1) is 0 Å². The van der Waals surface area contributed by atoms with E-state index in [1.165, 1.54) is 0 Å². The fraction of sp³-hybridized carbons (Fsp3) is 0.400. The van der Waals surface area contributed by atoms with Gasteiger partial charge in [0.1, 0.15) is 6.04 Å². The molecule has 6 heteroatoms. The first-order valence-corrected chi connectivity index (χ1v) is 6.54. The van der Waals surface area contributed by atoms with Crippen LogP contribution < -0.4 is 0 Å². The van der Waals surface area contributed by atoms with Crippen molar-refractivity contribution in [3.63, 3.8) is 0 Å². The molecule has 1 amide bonds. The molecule has 0 spiro atoms. The fourth-order valence-electron chi connectivity index (χ4n) is 2.04. The molecule has 0 bridgehead atoms. The number of hydrogen-bond donors (Lipinski definition) is 1. The first-order chi connectivity index (χ1) is 9.88. The number of methoxy groups -OCH3 is 1. The van der Waals surface area contributed by atoms with Crippen LogP contribution in [0.4, 0.5) is 4.79 Å². The van der Waals surface area contributed by atoms with E-state index < -0.39 is 18.1 Å². The molecule has 0 aliphatic rings. The van der Waals surface area contributed by atoms with Crippen LogP contribution in [-0.2, 0) is 9.53 Å². The summed E-state index contributed by atoms with van der Waals surface area (Å²) in [7, 11) is 1.15. The maximum atomic E-state index is 12.2. The second kappa shape index (κ2) is 7.42. The summed E-state index contributed by atoms with van der Waals surface area (Å²) in [5.41, 5.74) is 0.416. The molecule has 0 radical (unpaired) electrons. The number of carbonyl (C=O) groups is 3. The molecule has 1 unspecified atom stereocenters. The van der Waals surface area contributed by atoms with Crippen molar-refractivity contribution >= 4 is 17.8 Å². The van der Waals surface area contributed by atoms with E-state index in [1.807, 2.05) is 0 Å². The molecule has 0 fully saturated rings. The topological polar surface area (TPSA) is 83.9 Å². The van der Waals surface area contributed by atoms with Crippen molar-refractivity contribution in [2.45, 2.75) is 19.9 Å². The Labute approximate surface area is 123 Å². The number of carboxylic acid groups (broad SMARTS) is 1. The van der Waals surface area contributed by atoms with E-state index in [2.05, 4.69) is 4.74 Å². The molecule has 1 aromatic carbocycles. The van der Waals surface area contributed by atoms with Crippen molar-refractivity contribution in [3.8, 4) is 0 Å². The molecule has 1 rings (SSSR count). The second-order valence-electron chi connectivity index (χ2n) is 4.91. The molecule has 0 aliphatic heterocycles. The number of carbonyl (C=O) groups excluding carboxylic acids is 2. The van der Waals surface area contributed by atoms with Gasteiger partial charge in [0.05, 0.1) is 13.7 Å². The quantitative estimate of drug-likeness (QED) is 0.811. The Morgan fingerprint density at radius 3 is 2.19 bits per heavy atom. The SMILES string of the molecule is COC(=O)N(CC(=O)c1ccccc1)C(C(=O)O)C(C)C. The predicted octanol–water partition coefficient (Wildman–Crippen LogP) is 2.05. The van der Waals surface area contributed by atoms with Gasteiger partial charge < -0.3 is 9.84 Å². The smallest absolute Gasteiger partial charge is 0.410 e. The van der Waals surface area contributed by atoms with Gasteiger partial charge in [-0.05, 0) is 5.92 Å². The number of aliphatic carboxylic acids is 1. The van der Waals surface area contributed by atoms with Gasteiger partial charge in [-0.25, -0.2) is 9.59 Å². The number of hydrogen-bond acceptors (Lipinski definition) is 4. The monoisotopic (exact) mass is 293 g/mol. The van der Waals surface area contributed by atoms with Gasteiger partial charge in [0, 0.05) is 5.56 Å². The van der Waals surface area contributed by atoms with Crippen LogP contribution >= 0.6 is 0 Å². The summed E-state index contributed by atoms with van der Waals surface area (Å²) in [6.07, 6.45) is -0.833. The van der Waals surface area contributed by atoms with Gasteiger partial charge in [0.25, 0.3) is 0 Å². The molecule has 0 saturated carbocycles. The lowest BCUT2D eigenvalue weighted by molar-refractivity contribution is -0.144. The number of Topliss-reactive ketones (excluding diaryl/α,β-unsaturated/α-hetero) is 1. The van der Waals surface area contributed by atoms with Crippen molar-refractivity contribution in [2.75, 3.05) is 13.7 Å². The van der Waals surface area contributed by atoms with Gasteiger partial charge in [-0.3, -0.25) is 9.69 Å². The van der Waals surface area contributed by atoms with Crippen LogP contribution in [0.5, 0.6) is 0 Å². The standard InChI is InChI=1S/C15H19NO5/c1-10(2)13(14(18)19)16(15(20)21-3)9-12(17)11-7-5-4-6-8-11/h4-8,10,13H,9H2,1-3H3,(H,18,19). The second-order valence-corrected chi connectivity index (χ2v) is 4.91. The summed E-state index contributed by atoms with van der Waals surface area (Å²) in [4.78, 5) is 36.3. The molecule has 1 N–H and O–H groups in total. The minimum Gasteiger partial charge on any atom is -0.480 e. The molecule has 0 aromatic heterocycles. The van der Waals surface area contributed by atoms with Gasteiger partial charge in [-0.2, -0.15) is 0 Å². The van der Waals surface area contributed by atoms with Crippen molar-refractivity contribution in [2.24, 2.45) is 5.92 Å². The van der Waals surface area contributed by atoms with Gasteiger partial charge >= 0.3 is 12.1 Å². The molecule has 0 heterocycles. The minimum atomic E-state index is -1.17. The number of amides is 1. The summed E-state index contributed by atoms with van der Waals surface area (Å²) in [6.45, 7) is 3.00. The van der Waals surface area contributed by atoms with Crippen LogP contribution in [0.3, 0.4) is 0 Å². The summed E-state index contributed by atoms with van der Waals surface area (Å²) >= 11 is 0. The number of ketones is 1. The Morgan fingerprint density at radius 2 is 1.76 bits per heavy atom. The average Bonchev–Trinajstić information content (AvgIpc) is 2.45. The van der Waals surface area contributed by atoms with Crippen molar-refractivity contribution in [1.29, 1.82) is 0 Å². The first-order valence-electron chi connectivity index (χ1n) is 6.54. The predicted molar refractivity (Wildman–Crippen MR) is 76.1 cm³/mol. The summed E-state index contributed by atoms with van der Waals surface area (Å²) in [6, 6.07) is 7.28. The number of carboxylic acids is 1. The van der Waals surface area contributed by atoms with Crippen LogP contribution in [0, 0.1) is 5.92 Å². The highest BCUT2D eigenvalue weighted by molar-refractivity contribution is 5.99. The summed E-state index contributed by atoms with van der Waals surface area (Å²) in [5, 5.41) is 9.28. The van der Waals surface area contributed by atoms with Crippen molar-refractivity contribution in [3.05, 3.63) is 35.9 Å². The number of benzene rings is 1. The van der Waals surface area contributed by atoms with Gasteiger partial charge in [0.2, 0.25) is 0 Å². The Hall–Kier alpha value is -2.37. The number of ether oxygens (including phenoxy) is 1. The zero-order valence-corrected chi connectivity index (χ0v) is 12.3. The van der Waals surface area contributed by atoms with Crippen molar-refractivity contribution in [1.82, 2.24) is 4.90 Å². The molecule has 21 heavy (non-hydrogen) atoms. The molecule has 1 aromatic rings. The van der Waals surface area contributed by atoms with E-state index in [1.54, 1.807) is 44.2 Å². The van der Waals surface area contributed by atoms with Crippen LogP contribution in [0.25, 0.3) is 0 Å². The third kappa shape index (κ3) is 4.30. The Balaban J connectivity index is 3.01. The van der Waals surface area contributed by atoms with E-state index in [9.17, 15) is 19.5 Å². The lowest BCUT2D eigenvalue weighted by Gasteiger charge is -2.29. The average molecular weight is 293 g/mol. The molecular weight excluding hydrogens is 274 g/mol. The first kappa shape index (κ1) is 16.7. The fourth-order valence-corrected chi connectivity index (χ4v) is 2.04. The zero-order valence-electron chi connectivity index (χ0n) is 12.3. The summed E-state index contributed by atoms with van der Waals surface area (Å²) < 4.78 is 4.60. The Morgan fingerprint density at radius 1 is 1.19 bits per heavy atom. The third-order valence-electron chi connectivity index (χ3n) is 3.04. The zero-order chi connectivity index (χ0) is 16.0. The highest BCUT2D eigenvalue weighted by atomic mass is 16.5. The van der Waals surface area contributed by atoms with E-state index >= 15 is 0 Å². The van der Waals surface area contributed by atoms with Gasteiger partial charge in [-0.1, -0.05) is 44.2 Å². The summed E-state index contributed by atoms with van der Waals surface area (Å²) in [5.74, 6) is -1.87. The normalized spacial score (nSPS) is 11.8. The number of rotatable bonds is 6. The van der Waals surface area contributed by atoms with E-state index in [-0.39, 0.29) is 18.2 Å². The maximum absolute atomic E-state index is 12.2. The van der Waals surface area contributed by atoms with Crippen LogP contribution in [0.1, 0.15) is 24.2 Å². The highest BCUT2D eigenvalue weighted by Crippen LogP contribution is 2.14. The van der Waals surface area contributed by atoms with E-state index in [0.29, 0.717) is 5.56 Å². The van der Waals surface area contributed by atoms with Crippen LogP contribution in [-0.4, -0.2) is 47.5 Å². The Bertz CT molecular complexity index is 512.